The van der Waals surface area contributed by atoms with Crippen molar-refractivity contribution in [2.24, 2.45) is 0 Å². The Morgan fingerprint density at radius 1 is 1.09 bits per heavy atom. The highest BCUT2D eigenvalue weighted by molar-refractivity contribution is 7.80. The van der Waals surface area contributed by atoms with Crippen LogP contribution in [0.2, 0.25) is 0 Å². The molecule has 2 aromatic rings. The van der Waals surface area contributed by atoms with Gasteiger partial charge < -0.3 is 10.4 Å². The highest BCUT2D eigenvalue weighted by atomic mass is 32.1. The van der Waals surface area contributed by atoms with E-state index in [1.54, 1.807) is 24.3 Å². The molecule has 2 aromatic carbocycles. The zero-order chi connectivity index (χ0) is 16.1. The molecule has 6 heteroatoms. The maximum atomic E-state index is 13.7. The summed E-state index contributed by atoms with van der Waals surface area (Å²) in [7, 11) is 0. The number of carboxylic acid groups (broad SMARTS) is 1. The SMILES string of the molecule is O=C(O)C(Cc1ccccc1)NC(=S)c1c(F)cccc1F. The molecule has 0 saturated heterocycles. The van der Waals surface area contributed by atoms with Crippen molar-refractivity contribution in [3.8, 4) is 0 Å². The molecule has 2 rings (SSSR count). The van der Waals surface area contributed by atoms with Crippen LogP contribution in [0.15, 0.2) is 48.5 Å². The molecule has 0 radical (unpaired) electrons. The quantitative estimate of drug-likeness (QED) is 0.832. The Balaban J connectivity index is 2.18. The standard InChI is InChI=1S/C16H13F2NO2S/c17-11-7-4-8-12(18)14(11)15(22)19-13(16(20)21)9-10-5-2-1-3-6-10/h1-8,13H,9H2,(H,19,22)(H,20,21). The minimum atomic E-state index is -1.15. The molecule has 0 saturated carbocycles. The van der Waals surface area contributed by atoms with Gasteiger partial charge in [-0.15, -0.1) is 0 Å². The van der Waals surface area contributed by atoms with Crippen LogP contribution in [0.25, 0.3) is 0 Å². The van der Waals surface area contributed by atoms with Gasteiger partial charge in [0.2, 0.25) is 0 Å². The van der Waals surface area contributed by atoms with E-state index in [9.17, 15) is 18.7 Å². The average molecular weight is 321 g/mol. The van der Waals surface area contributed by atoms with E-state index in [0.29, 0.717) is 0 Å². The molecule has 1 atom stereocenters. The fourth-order valence-electron chi connectivity index (χ4n) is 2.00. The second-order valence-electron chi connectivity index (χ2n) is 4.65. The van der Waals surface area contributed by atoms with Gasteiger partial charge in [-0.2, -0.15) is 0 Å². The number of rotatable bonds is 5. The van der Waals surface area contributed by atoms with Crippen LogP contribution >= 0.6 is 12.2 Å². The monoisotopic (exact) mass is 321 g/mol. The fraction of sp³-hybridized carbons (Fsp3) is 0.125. The summed E-state index contributed by atoms with van der Waals surface area (Å²) in [4.78, 5) is 11.1. The van der Waals surface area contributed by atoms with E-state index < -0.39 is 29.2 Å². The van der Waals surface area contributed by atoms with E-state index in [1.165, 1.54) is 6.07 Å². The third-order valence-corrected chi connectivity index (χ3v) is 3.40. The summed E-state index contributed by atoms with van der Waals surface area (Å²) in [6, 6.07) is 11.2. The lowest BCUT2D eigenvalue weighted by Gasteiger charge is -2.17. The van der Waals surface area contributed by atoms with E-state index in [1.807, 2.05) is 6.07 Å². The number of benzene rings is 2. The van der Waals surface area contributed by atoms with Gasteiger partial charge in [-0.25, -0.2) is 13.6 Å². The molecule has 1 unspecified atom stereocenters. The van der Waals surface area contributed by atoms with Crippen LogP contribution < -0.4 is 5.32 Å². The number of aliphatic carboxylic acids is 1. The van der Waals surface area contributed by atoms with Gasteiger partial charge in [0.1, 0.15) is 22.7 Å². The Morgan fingerprint density at radius 3 is 2.23 bits per heavy atom. The minimum absolute atomic E-state index is 0.145. The predicted molar refractivity (Wildman–Crippen MR) is 82.8 cm³/mol. The largest absolute Gasteiger partial charge is 0.480 e. The molecule has 0 aromatic heterocycles. The van der Waals surface area contributed by atoms with E-state index in [0.717, 1.165) is 17.7 Å². The first kappa shape index (κ1) is 16.0. The molecule has 2 N–H and O–H groups in total. The molecule has 114 valence electrons. The van der Waals surface area contributed by atoms with Crippen molar-refractivity contribution in [1.82, 2.24) is 5.32 Å². The maximum absolute atomic E-state index is 13.7. The molecule has 0 aliphatic rings. The van der Waals surface area contributed by atoms with Crippen LogP contribution in [0.4, 0.5) is 8.78 Å². The van der Waals surface area contributed by atoms with E-state index in [4.69, 9.17) is 12.2 Å². The highest BCUT2D eigenvalue weighted by Crippen LogP contribution is 2.13. The van der Waals surface area contributed by atoms with Crippen LogP contribution in [0.3, 0.4) is 0 Å². The second-order valence-corrected chi connectivity index (χ2v) is 5.06. The Morgan fingerprint density at radius 2 is 1.68 bits per heavy atom. The predicted octanol–water partition coefficient (Wildman–Crippen LogP) is 2.93. The summed E-state index contributed by atoms with van der Waals surface area (Å²) in [6.45, 7) is 0. The molecule has 0 bridgehead atoms. The summed E-state index contributed by atoms with van der Waals surface area (Å²) < 4.78 is 27.3. The summed E-state index contributed by atoms with van der Waals surface area (Å²) in [6.07, 6.45) is 0.145. The van der Waals surface area contributed by atoms with Crippen molar-refractivity contribution in [2.75, 3.05) is 0 Å². The topological polar surface area (TPSA) is 49.3 Å². The average Bonchev–Trinajstić information content (AvgIpc) is 2.47. The Bertz CT molecular complexity index is 672. The third kappa shape index (κ3) is 3.85. The lowest BCUT2D eigenvalue weighted by molar-refractivity contribution is -0.139. The molecule has 3 nitrogen and oxygen atoms in total. The number of halogens is 2. The van der Waals surface area contributed by atoms with Crippen LogP contribution in [-0.4, -0.2) is 22.1 Å². The Kier molecular flexibility index (Phi) is 5.16. The number of nitrogens with one attached hydrogen (secondary N) is 1. The summed E-state index contributed by atoms with van der Waals surface area (Å²) in [5.74, 6) is -2.81. The van der Waals surface area contributed by atoms with Gasteiger partial charge in [0.05, 0.1) is 5.56 Å². The maximum Gasteiger partial charge on any atom is 0.326 e. The van der Waals surface area contributed by atoms with E-state index >= 15 is 0 Å². The Hall–Kier alpha value is -2.34. The summed E-state index contributed by atoms with van der Waals surface area (Å²) in [5, 5.41) is 11.8. The molecule has 0 amide bonds. The molecular formula is C16H13F2NO2S. The van der Waals surface area contributed by atoms with Gasteiger partial charge in [-0.1, -0.05) is 48.6 Å². The van der Waals surface area contributed by atoms with Crippen molar-refractivity contribution in [3.05, 3.63) is 71.3 Å². The van der Waals surface area contributed by atoms with E-state index in [-0.39, 0.29) is 11.4 Å². The highest BCUT2D eigenvalue weighted by Gasteiger charge is 2.22. The van der Waals surface area contributed by atoms with Gasteiger partial charge in [-0.3, -0.25) is 0 Å². The molecule has 0 heterocycles. The molecule has 0 fully saturated rings. The molecular weight excluding hydrogens is 308 g/mol. The van der Waals surface area contributed by atoms with Crippen molar-refractivity contribution in [2.45, 2.75) is 12.5 Å². The van der Waals surface area contributed by atoms with Crippen LogP contribution in [0.1, 0.15) is 11.1 Å². The first-order valence-corrected chi connectivity index (χ1v) is 6.91. The number of thiocarbonyl (C=S) groups is 1. The number of hydrogen-bond acceptors (Lipinski definition) is 2. The smallest absolute Gasteiger partial charge is 0.326 e. The first-order chi connectivity index (χ1) is 10.5. The Labute approximate surface area is 131 Å². The van der Waals surface area contributed by atoms with Crippen LogP contribution in [0, 0.1) is 11.6 Å². The fourth-order valence-corrected chi connectivity index (χ4v) is 2.33. The zero-order valence-corrected chi connectivity index (χ0v) is 12.2. The first-order valence-electron chi connectivity index (χ1n) is 6.50. The number of carbonyl (C=O) groups is 1. The van der Waals surface area contributed by atoms with Crippen molar-refractivity contribution >= 4 is 23.2 Å². The number of carboxylic acids is 1. The number of hydrogen-bond donors (Lipinski definition) is 2. The van der Waals surface area contributed by atoms with Gasteiger partial charge in [0, 0.05) is 6.42 Å². The van der Waals surface area contributed by atoms with E-state index in [2.05, 4.69) is 5.32 Å². The lowest BCUT2D eigenvalue weighted by Crippen LogP contribution is -2.42. The van der Waals surface area contributed by atoms with Gasteiger partial charge in [0.25, 0.3) is 0 Å². The van der Waals surface area contributed by atoms with Crippen molar-refractivity contribution in [1.29, 1.82) is 0 Å². The van der Waals surface area contributed by atoms with Crippen molar-refractivity contribution in [3.63, 3.8) is 0 Å². The molecule has 0 aliphatic carbocycles. The van der Waals surface area contributed by atoms with Crippen LogP contribution in [0.5, 0.6) is 0 Å². The second kappa shape index (κ2) is 7.09. The van der Waals surface area contributed by atoms with Crippen molar-refractivity contribution < 1.29 is 18.7 Å². The summed E-state index contributed by atoms with van der Waals surface area (Å²) in [5.41, 5.74) is 0.357. The summed E-state index contributed by atoms with van der Waals surface area (Å²) >= 11 is 4.95. The minimum Gasteiger partial charge on any atom is -0.480 e. The normalized spacial score (nSPS) is 11.7. The lowest BCUT2D eigenvalue weighted by atomic mass is 10.1. The van der Waals surface area contributed by atoms with Gasteiger partial charge in [-0.05, 0) is 17.7 Å². The van der Waals surface area contributed by atoms with Crippen LogP contribution in [-0.2, 0) is 11.2 Å². The third-order valence-electron chi connectivity index (χ3n) is 3.08. The van der Waals surface area contributed by atoms with Gasteiger partial charge in [0.15, 0.2) is 0 Å². The molecule has 0 aliphatic heterocycles. The zero-order valence-electron chi connectivity index (χ0n) is 11.4. The molecule has 0 spiro atoms. The van der Waals surface area contributed by atoms with Gasteiger partial charge >= 0.3 is 5.97 Å². The molecule has 22 heavy (non-hydrogen) atoms.